The van der Waals surface area contributed by atoms with E-state index in [2.05, 4.69) is 0 Å². The van der Waals surface area contributed by atoms with Crippen LogP contribution >= 0.6 is 0 Å². The largest absolute Gasteiger partial charge is 0.491 e. The number of hydrogen-bond donors (Lipinski definition) is 1. The van der Waals surface area contributed by atoms with Crippen molar-refractivity contribution >= 4 is 11.4 Å². The molecule has 3 heteroatoms. The summed E-state index contributed by atoms with van der Waals surface area (Å²) in [7, 11) is 0. The third-order valence-electron chi connectivity index (χ3n) is 3.72. The van der Waals surface area contributed by atoms with Gasteiger partial charge in [0.2, 0.25) is 11.4 Å². The van der Waals surface area contributed by atoms with Gasteiger partial charge in [-0.2, -0.15) is 0 Å². The van der Waals surface area contributed by atoms with Crippen LogP contribution in [0.2, 0.25) is 0 Å². The molecular weight excluding hydrogens is 276 g/mol. The molecular formula is C19H18O3. The average molecular weight is 294 g/mol. The third-order valence-corrected chi connectivity index (χ3v) is 3.72. The molecule has 112 valence electrons. The highest BCUT2D eigenvalue weighted by Gasteiger charge is 2.56. The Morgan fingerprint density at radius 2 is 1.50 bits per heavy atom. The molecule has 0 saturated heterocycles. The van der Waals surface area contributed by atoms with E-state index < -0.39 is 5.60 Å². The smallest absolute Gasteiger partial charge is 0.211 e. The van der Waals surface area contributed by atoms with E-state index >= 15 is 0 Å². The van der Waals surface area contributed by atoms with Gasteiger partial charge in [-0.3, -0.25) is 4.79 Å². The van der Waals surface area contributed by atoms with E-state index in [1.165, 1.54) is 0 Å². The summed E-state index contributed by atoms with van der Waals surface area (Å²) in [5.41, 5.74) is 0.0798. The number of rotatable bonds is 4. The first-order valence-corrected chi connectivity index (χ1v) is 7.34. The zero-order chi connectivity index (χ0) is 15.7. The molecule has 22 heavy (non-hydrogen) atoms. The predicted molar refractivity (Wildman–Crippen MR) is 84.9 cm³/mol. The summed E-state index contributed by atoms with van der Waals surface area (Å²) < 4.78 is 5.80. The fraction of sp³-hybridized carbons (Fsp3) is 0.211. The molecule has 3 rings (SSSR count). The standard InChI is InChI=1S/C19H18O3/c1-13(2)22-18-16(14-9-5-3-6-10-14)17(20)19(18,21)15-11-7-4-8-12-15/h3-13,21H,1-2H3. The number of ketones is 1. The Bertz CT molecular complexity index is 717. The molecule has 0 aliphatic heterocycles. The second kappa shape index (κ2) is 5.43. The second-order valence-electron chi connectivity index (χ2n) is 5.64. The maximum absolute atomic E-state index is 12.7. The van der Waals surface area contributed by atoms with Gasteiger partial charge < -0.3 is 9.84 Å². The Morgan fingerprint density at radius 3 is 2.05 bits per heavy atom. The Hall–Kier alpha value is -2.39. The Balaban J connectivity index is 2.14. The van der Waals surface area contributed by atoms with Gasteiger partial charge in [-0.05, 0) is 25.0 Å². The Labute approximate surface area is 129 Å². The van der Waals surface area contributed by atoms with Crippen molar-refractivity contribution in [3.05, 3.63) is 77.5 Å². The summed E-state index contributed by atoms with van der Waals surface area (Å²) in [6.07, 6.45) is -0.128. The quantitative estimate of drug-likeness (QED) is 0.941. The molecule has 0 bridgehead atoms. The van der Waals surface area contributed by atoms with Crippen LogP contribution in [0.1, 0.15) is 25.0 Å². The van der Waals surface area contributed by atoms with Crippen LogP contribution in [0.15, 0.2) is 66.4 Å². The maximum Gasteiger partial charge on any atom is 0.211 e. The van der Waals surface area contributed by atoms with Crippen molar-refractivity contribution in [3.8, 4) is 0 Å². The van der Waals surface area contributed by atoms with Crippen LogP contribution in [0, 0.1) is 0 Å². The van der Waals surface area contributed by atoms with Crippen molar-refractivity contribution in [3.63, 3.8) is 0 Å². The van der Waals surface area contributed by atoms with E-state index in [1.54, 1.807) is 24.3 Å². The molecule has 0 aromatic heterocycles. The van der Waals surface area contributed by atoms with Crippen molar-refractivity contribution in [1.29, 1.82) is 0 Å². The van der Waals surface area contributed by atoms with Gasteiger partial charge in [-0.25, -0.2) is 0 Å². The van der Waals surface area contributed by atoms with E-state index in [-0.39, 0.29) is 11.9 Å². The summed E-state index contributed by atoms with van der Waals surface area (Å²) in [6.45, 7) is 3.76. The summed E-state index contributed by atoms with van der Waals surface area (Å²) in [5, 5.41) is 11.0. The van der Waals surface area contributed by atoms with Crippen LogP contribution in [0.5, 0.6) is 0 Å². The van der Waals surface area contributed by atoms with Gasteiger partial charge in [0.15, 0.2) is 5.76 Å². The lowest BCUT2D eigenvalue weighted by Crippen LogP contribution is -2.49. The maximum atomic E-state index is 12.7. The molecule has 3 nitrogen and oxygen atoms in total. The molecule has 0 saturated carbocycles. The topological polar surface area (TPSA) is 46.5 Å². The first kappa shape index (κ1) is 14.5. The number of hydrogen-bond acceptors (Lipinski definition) is 3. The molecule has 1 unspecified atom stereocenters. The van der Waals surface area contributed by atoms with Crippen molar-refractivity contribution in [2.24, 2.45) is 0 Å². The van der Waals surface area contributed by atoms with Crippen molar-refractivity contribution in [1.82, 2.24) is 0 Å². The van der Waals surface area contributed by atoms with E-state index in [0.717, 1.165) is 5.56 Å². The molecule has 1 aliphatic rings. The van der Waals surface area contributed by atoms with Gasteiger partial charge in [0.25, 0.3) is 0 Å². The third kappa shape index (κ3) is 2.14. The lowest BCUT2D eigenvalue weighted by Gasteiger charge is -2.40. The molecule has 0 heterocycles. The first-order valence-electron chi connectivity index (χ1n) is 7.34. The summed E-state index contributed by atoms with van der Waals surface area (Å²) in [6, 6.07) is 18.2. The van der Waals surface area contributed by atoms with Gasteiger partial charge >= 0.3 is 0 Å². The molecule has 0 amide bonds. The normalized spacial score (nSPS) is 21.0. The van der Waals surface area contributed by atoms with Crippen LogP contribution in [-0.2, 0) is 15.1 Å². The number of benzene rings is 2. The van der Waals surface area contributed by atoms with E-state index in [1.807, 2.05) is 50.2 Å². The van der Waals surface area contributed by atoms with Crippen LogP contribution in [0.25, 0.3) is 5.57 Å². The van der Waals surface area contributed by atoms with Gasteiger partial charge in [0.1, 0.15) is 0 Å². The average Bonchev–Trinajstić information content (AvgIpc) is 2.55. The summed E-state index contributed by atoms with van der Waals surface area (Å²) >= 11 is 0. The van der Waals surface area contributed by atoms with Gasteiger partial charge in [-0.15, -0.1) is 0 Å². The van der Waals surface area contributed by atoms with Crippen molar-refractivity contribution in [2.45, 2.75) is 25.6 Å². The van der Waals surface area contributed by atoms with Crippen LogP contribution in [0.4, 0.5) is 0 Å². The highest BCUT2D eigenvalue weighted by atomic mass is 16.5. The molecule has 1 atom stereocenters. The van der Waals surface area contributed by atoms with Gasteiger partial charge in [0, 0.05) is 0 Å². The van der Waals surface area contributed by atoms with E-state index in [0.29, 0.717) is 16.9 Å². The number of Topliss-reactive ketones (excluding diaryl/α,β-unsaturated/α-hetero) is 1. The SMILES string of the molecule is CC(C)OC1=C(c2ccccc2)C(=O)C1(O)c1ccccc1. The highest BCUT2D eigenvalue weighted by molar-refractivity contribution is 6.33. The number of carbonyl (C=O) groups is 1. The fourth-order valence-electron chi connectivity index (χ4n) is 2.69. The predicted octanol–water partition coefficient (Wildman–Crippen LogP) is 3.29. The van der Waals surface area contributed by atoms with Gasteiger partial charge in [-0.1, -0.05) is 60.7 Å². The second-order valence-corrected chi connectivity index (χ2v) is 5.64. The minimum absolute atomic E-state index is 0.128. The minimum Gasteiger partial charge on any atom is -0.491 e. The lowest BCUT2D eigenvalue weighted by molar-refractivity contribution is -0.138. The molecule has 1 aliphatic carbocycles. The summed E-state index contributed by atoms with van der Waals surface area (Å²) in [5.74, 6) is 0.0189. The number of ether oxygens (including phenoxy) is 1. The number of carbonyl (C=O) groups excluding carboxylic acids is 1. The molecule has 1 N–H and O–H groups in total. The van der Waals surface area contributed by atoms with Crippen LogP contribution in [-0.4, -0.2) is 17.0 Å². The van der Waals surface area contributed by atoms with Crippen LogP contribution < -0.4 is 0 Å². The summed E-state index contributed by atoms with van der Waals surface area (Å²) in [4.78, 5) is 12.7. The minimum atomic E-state index is -1.68. The Kier molecular flexibility index (Phi) is 3.59. The molecule has 0 spiro atoms. The Morgan fingerprint density at radius 1 is 0.955 bits per heavy atom. The molecule has 2 aromatic rings. The molecule has 2 aromatic carbocycles. The molecule has 0 radical (unpaired) electrons. The monoisotopic (exact) mass is 294 g/mol. The highest BCUT2D eigenvalue weighted by Crippen LogP contribution is 2.48. The zero-order valence-corrected chi connectivity index (χ0v) is 12.6. The number of aliphatic hydroxyl groups is 1. The lowest BCUT2D eigenvalue weighted by atomic mass is 9.71. The fourth-order valence-corrected chi connectivity index (χ4v) is 2.69. The van der Waals surface area contributed by atoms with E-state index in [9.17, 15) is 9.90 Å². The molecule has 0 fully saturated rings. The van der Waals surface area contributed by atoms with Crippen molar-refractivity contribution < 1.29 is 14.6 Å². The zero-order valence-electron chi connectivity index (χ0n) is 12.6. The van der Waals surface area contributed by atoms with Crippen molar-refractivity contribution in [2.75, 3.05) is 0 Å². The van der Waals surface area contributed by atoms with E-state index in [4.69, 9.17) is 4.74 Å². The van der Waals surface area contributed by atoms with Gasteiger partial charge in [0.05, 0.1) is 11.7 Å². The van der Waals surface area contributed by atoms with Crippen LogP contribution in [0.3, 0.4) is 0 Å². The first-order chi connectivity index (χ1) is 10.5.